The molecule has 1 aliphatic heterocycles. The van der Waals surface area contributed by atoms with Crippen LogP contribution in [-0.4, -0.2) is 9.77 Å². The molecular weight excluding hydrogens is 318 g/mol. The molecule has 1 fully saturated rings. The van der Waals surface area contributed by atoms with E-state index >= 15 is 0 Å². The van der Waals surface area contributed by atoms with E-state index in [9.17, 15) is 0 Å². The van der Waals surface area contributed by atoms with Crippen LogP contribution in [0.3, 0.4) is 0 Å². The molecule has 1 saturated heterocycles. The number of benzene rings is 1. The van der Waals surface area contributed by atoms with Crippen LogP contribution in [0.5, 0.6) is 0 Å². The first-order valence-electron chi connectivity index (χ1n) is 8.47. The fourth-order valence-electron chi connectivity index (χ4n) is 2.51. The lowest BCUT2D eigenvalue weighted by Gasteiger charge is -2.46. The van der Waals surface area contributed by atoms with Gasteiger partial charge in [-0.1, -0.05) is 73.3 Å². The summed E-state index contributed by atoms with van der Waals surface area (Å²) >= 11 is 3.99. The van der Waals surface area contributed by atoms with Gasteiger partial charge in [-0.3, -0.25) is 0 Å². The van der Waals surface area contributed by atoms with Crippen LogP contribution in [0.4, 0.5) is 0 Å². The highest BCUT2D eigenvalue weighted by Crippen LogP contribution is 2.54. The van der Waals surface area contributed by atoms with Crippen LogP contribution in [0.25, 0.3) is 0 Å². The van der Waals surface area contributed by atoms with Gasteiger partial charge in [-0.15, -0.1) is 0 Å². The van der Waals surface area contributed by atoms with Crippen molar-refractivity contribution in [3.63, 3.8) is 0 Å². The predicted molar refractivity (Wildman–Crippen MR) is 107 cm³/mol. The minimum Gasteiger partial charge on any atom is -0.347 e. The van der Waals surface area contributed by atoms with E-state index in [0.29, 0.717) is 0 Å². The van der Waals surface area contributed by atoms with Crippen LogP contribution in [0, 0.1) is 0 Å². The van der Waals surface area contributed by atoms with E-state index in [2.05, 4.69) is 76.8 Å². The lowest BCUT2D eigenvalue weighted by molar-refractivity contribution is 0.260. The summed E-state index contributed by atoms with van der Waals surface area (Å²) in [5.74, 6) is 0. The first-order valence-corrected chi connectivity index (χ1v) is 10.1. The highest BCUT2D eigenvalue weighted by Gasteiger charge is 2.37. The molecule has 23 heavy (non-hydrogen) atoms. The van der Waals surface area contributed by atoms with Gasteiger partial charge in [0.2, 0.25) is 0 Å². The highest BCUT2D eigenvalue weighted by molar-refractivity contribution is 8.25. The number of allylic oxidation sites excluding steroid dienone is 2. The fourth-order valence-corrected chi connectivity index (χ4v) is 5.83. The number of rotatable bonds is 4. The maximum Gasteiger partial charge on any atom is 0.0864 e. The Kier molecular flexibility index (Phi) is 6.33. The highest BCUT2D eigenvalue weighted by atomic mass is 32.2. The van der Waals surface area contributed by atoms with E-state index < -0.39 is 0 Å². The van der Waals surface area contributed by atoms with Gasteiger partial charge in [0.15, 0.2) is 0 Å². The molecule has 0 spiro atoms. The molecule has 126 valence electrons. The third kappa shape index (κ3) is 4.39. The summed E-state index contributed by atoms with van der Waals surface area (Å²) in [6.45, 7) is 14.7. The molecule has 0 aromatic heterocycles. The molecule has 0 amide bonds. The molecule has 0 N–H and O–H groups in total. The van der Waals surface area contributed by atoms with Gasteiger partial charge in [0.1, 0.15) is 0 Å². The summed E-state index contributed by atoms with van der Waals surface area (Å²) in [5, 5.41) is 1.45. The van der Waals surface area contributed by atoms with Gasteiger partial charge in [0.25, 0.3) is 0 Å². The maximum absolute atomic E-state index is 2.59. The molecule has 0 atom stereocenters. The Morgan fingerprint density at radius 1 is 1.00 bits per heavy atom. The molecule has 0 aliphatic carbocycles. The van der Waals surface area contributed by atoms with Crippen molar-refractivity contribution in [2.24, 2.45) is 0 Å². The van der Waals surface area contributed by atoms with E-state index in [1.54, 1.807) is 0 Å². The largest absolute Gasteiger partial charge is 0.347 e. The van der Waals surface area contributed by atoms with Crippen LogP contribution in [-0.2, 0) is 6.54 Å². The molecule has 3 heteroatoms. The Hall–Kier alpha value is -0.800. The second-order valence-electron chi connectivity index (χ2n) is 6.58. The smallest absolute Gasteiger partial charge is 0.0864 e. The van der Waals surface area contributed by atoms with Crippen molar-refractivity contribution in [3.8, 4) is 0 Å². The first kappa shape index (κ1) is 18.5. The molecule has 0 unspecified atom stereocenters. The summed E-state index contributed by atoms with van der Waals surface area (Å²) < 4.78 is 1.49. The Morgan fingerprint density at radius 3 is 2.17 bits per heavy atom. The van der Waals surface area contributed by atoms with Gasteiger partial charge in [0, 0.05) is 10.8 Å². The summed E-state index contributed by atoms with van der Waals surface area (Å²) in [5.41, 5.74) is 4.37. The summed E-state index contributed by atoms with van der Waals surface area (Å²) in [7, 11) is 0. The molecule has 1 heterocycles. The van der Waals surface area contributed by atoms with Crippen LogP contribution in [0.1, 0.15) is 59.9 Å². The number of nitrogens with zero attached hydrogens (tertiary/aromatic N) is 1. The van der Waals surface area contributed by atoms with E-state index in [0.717, 1.165) is 19.4 Å². The Bertz CT molecular complexity index is 599. The van der Waals surface area contributed by atoms with E-state index in [4.69, 9.17) is 0 Å². The third-order valence-corrected chi connectivity index (χ3v) is 7.43. The van der Waals surface area contributed by atoms with Gasteiger partial charge in [-0.2, -0.15) is 0 Å². The van der Waals surface area contributed by atoms with Crippen molar-refractivity contribution in [1.82, 2.24) is 4.90 Å². The lowest BCUT2D eigenvalue weighted by Crippen LogP contribution is -2.42. The van der Waals surface area contributed by atoms with Gasteiger partial charge in [-0.25, -0.2) is 0 Å². The lowest BCUT2D eigenvalue weighted by atomic mass is 10.1. The zero-order chi connectivity index (χ0) is 17.0. The zero-order valence-electron chi connectivity index (χ0n) is 15.3. The van der Waals surface area contributed by atoms with Crippen molar-refractivity contribution in [2.75, 3.05) is 0 Å². The van der Waals surface area contributed by atoms with Gasteiger partial charge < -0.3 is 4.90 Å². The van der Waals surface area contributed by atoms with Crippen LogP contribution >= 0.6 is 23.5 Å². The molecular formula is C20H29NS2. The number of thioether (sulfide) groups is 2. The molecule has 2 rings (SSSR count). The topological polar surface area (TPSA) is 3.24 Å². The fraction of sp³-hybridized carbons (Fsp3) is 0.500. The zero-order valence-corrected chi connectivity index (χ0v) is 16.9. The predicted octanol–water partition coefficient (Wildman–Crippen LogP) is 6.99. The molecule has 1 aromatic carbocycles. The summed E-state index contributed by atoms with van der Waals surface area (Å²) in [4.78, 5) is 2.65. The van der Waals surface area contributed by atoms with E-state index in [-0.39, 0.29) is 4.87 Å². The van der Waals surface area contributed by atoms with Gasteiger partial charge >= 0.3 is 0 Å². The first-order chi connectivity index (χ1) is 10.9. The minimum atomic E-state index is 0.0681. The van der Waals surface area contributed by atoms with Crippen LogP contribution in [0.15, 0.2) is 50.7 Å². The van der Waals surface area contributed by atoms with Gasteiger partial charge in [-0.05, 0) is 51.7 Å². The molecule has 1 nitrogen and oxygen atoms in total. The third-order valence-electron chi connectivity index (χ3n) is 4.38. The minimum absolute atomic E-state index is 0.0681. The maximum atomic E-state index is 2.59. The standard InChI is InChI=1S/C20H29NS2/c1-7-15(3)18-21(14-17-12-10-9-11-13-17)20(5,6)23-19(22-18)16(4)8-2/h9-13H,7-8,14H2,1-6H3/b18-15-,19-16+. The van der Waals surface area contributed by atoms with Crippen molar-refractivity contribution in [2.45, 2.75) is 65.8 Å². The number of hydrogen-bond acceptors (Lipinski definition) is 3. The SMILES string of the molecule is CC/C(C)=C1\S/C(=C(/C)CC)N(Cc2ccccc2)C(C)(C)S1. The molecule has 1 aromatic rings. The quantitative estimate of drug-likeness (QED) is 0.578. The second-order valence-corrected chi connectivity index (χ2v) is 9.45. The van der Waals surface area contributed by atoms with E-state index in [1.165, 1.54) is 26.0 Å². The molecule has 0 saturated carbocycles. The average Bonchev–Trinajstić information content (AvgIpc) is 2.55. The molecule has 0 bridgehead atoms. The van der Waals surface area contributed by atoms with Crippen molar-refractivity contribution in [1.29, 1.82) is 0 Å². The molecule has 0 radical (unpaired) electrons. The Morgan fingerprint density at radius 2 is 1.61 bits per heavy atom. The van der Waals surface area contributed by atoms with Crippen molar-refractivity contribution < 1.29 is 0 Å². The van der Waals surface area contributed by atoms with Crippen LogP contribution in [0.2, 0.25) is 0 Å². The summed E-state index contributed by atoms with van der Waals surface area (Å²) in [6, 6.07) is 10.8. The van der Waals surface area contributed by atoms with E-state index in [1.807, 2.05) is 23.5 Å². The van der Waals surface area contributed by atoms with Gasteiger partial charge in [0.05, 0.1) is 9.90 Å². The summed E-state index contributed by atoms with van der Waals surface area (Å²) in [6.07, 6.45) is 2.23. The normalized spacial score (nSPS) is 22.1. The van der Waals surface area contributed by atoms with Crippen molar-refractivity contribution in [3.05, 3.63) is 56.3 Å². The van der Waals surface area contributed by atoms with Crippen LogP contribution < -0.4 is 0 Å². The number of hydrogen-bond donors (Lipinski definition) is 0. The Balaban J connectivity index is 2.42. The average molecular weight is 348 g/mol. The van der Waals surface area contributed by atoms with Crippen molar-refractivity contribution >= 4 is 23.5 Å². The Labute approximate surface area is 150 Å². The molecule has 1 aliphatic rings. The second kappa shape index (κ2) is 7.85. The monoisotopic (exact) mass is 347 g/mol.